The first-order valence-corrected chi connectivity index (χ1v) is 8.02. The molecule has 1 aliphatic rings. The maximum absolute atomic E-state index is 11.9. The fraction of sp³-hybridized carbons (Fsp3) is 0.412. The molecule has 2 rings (SSSR count). The zero-order chi connectivity index (χ0) is 18.2. The number of benzene rings is 1. The second kappa shape index (κ2) is 8.93. The highest BCUT2D eigenvalue weighted by Crippen LogP contribution is 2.09. The van der Waals surface area contributed by atoms with Gasteiger partial charge in [-0.3, -0.25) is 14.4 Å². The van der Waals surface area contributed by atoms with E-state index in [2.05, 4.69) is 15.8 Å². The summed E-state index contributed by atoms with van der Waals surface area (Å²) < 4.78 is 5.13. The molecular weight excluding hydrogens is 324 g/mol. The number of ether oxygens (including phenoxy) is 1. The van der Waals surface area contributed by atoms with Gasteiger partial charge in [0.25, 0.3) is 0 Å². The van der Waals surface area contributed by atoms with Gasteiger partial charge < -0.3 is 15.0 Å². The van der Waals surface area contributed by atoms with Crippen molar-refractivity contribution in [2.24, 2.45) is 5.10 Å². The van der Waals surface area contributed by atoms with Gasteiger partial charge in [-0.2, -0.15) is 5.10 Å². The van der Waals surface area contributed by atoms with Crippen molar-refractivity contribution in [3.8, 4) is 0 Å². The molecule has 0 saturated carbocycles. The molecule has 1 aromatic rings. The predicted molar refractivity (Wildman–Crippen MR) is 93.1 cm³/mol. The summed E-state index contributed by atoms with van der Waals surface area (Å²) >= 11 is 0. The van der Waals surface area contributed by atoms with Crippen LogP contribution < -0.4 is 10.7 Å². The van der Waals surface area contributed by atoms with Crippen molar-refractivity contribution in [2.45, 2.75) is 20.3 Å². The number of nitrogens with zero attached hydrogens (tertiary/aromatic N) is 2. The van der Waals surface area contributed by atoms with E-state index in [-0.39, 0.29) is 12.3 Å². The summed E-state index contributed by atoms with van der Waals surface area (Å²) in [6, 6.07) is 7.41. The molecule has 0 aromatic heterocycles. The third kappa shape index (κ3) is 6.00. The first-order valence-electron chi connectivity index (χ1n) is 8.02. The summed E-state index contributed by atoms with van der Waals surface area (Å²) in [6.07, 6.45) is 0.0138. The van der Waals surface area contributed by atoms with Crippen LogP contribution in [0.2, 0.25) is 0 Å². The molecule has 134 valence electrons. The lowest BCUT2D eigenvalue weighted by atomic mass is 10.2. The Kier molecular flexibility index (Phi) is 6.64. The van der Waals surface area contributed by atoms with E-state index in [0.29, 0.717) is 37.7 Å². The fourth-order valence-corrected chi connectivity index (χ4v) is 2.22. The molecule has 1 aliphatic heterocycles. The average Bonchev–Trinajstić information content (AvgIpc) is 2.61. The van der Waals surface area contributed by atoms with Crippen LogP contribution in [0.1, 0.15) is 18.9 Å². The van der Waals surface area contributed by atoms with Crippen molar-refractivity contribution >= 4 is 29.1 Å². The summed E-state index contributed by atoms with van der Waals surface area (Å²) in [4.78, 5) is 37.1. The van der Waals surface area contributed by atoms with Gasteiger partial charge >= 0.3 is 11.8 Å². The smallest absolute Gasteiger partial charge is 0.329 e. The minimum atomic E-state index is -0.819. The Morgan fingerprint density at radius 3 is 2.44 bits per heavy atom. The van der Waals surface area contributed by atoms with Gasteiger partial charge in [0.05, 0.1) is 19.6 Å². The number of aryl methyl sites for hydroxylation is 1. The number of carbonyl (C=O) groups is 3. The number of rotatable bonds is 4. The van der Waals surface area contributed by atoms with Crippen LogP contribution in [0.3, 0.4) is 0 Å². The Labute approximate surface area is 146 Å². The van der Waals surface area contributed by atoms with Crippen LogP contribution in [0.15, 0.2) is 29.4 Å². The summed E-state index contributed by atoms with van der Waals surface area (Å²) in [5.41, 5.74) is 4.38. The number of carbonyl (C=O) groups excluding carboxylic acids is 3. The molecular formula is C17H22N4O4. The third-order valence-corrected chi connectivity index (χ3v) is 3.59. The van der Waals surface area contributed by atoms with Crippen molar-refractivity contribution < 1.29 is 19.1 Å². The Bertz CT molecular complexity index is 664. The maximum atomic E-state index is 11.9. The van der Waals surface area contributed by atoms with Crippen LogP contribution in [0.5, 0.6) is 0 Å². The highest BCUT2D eigenvalue weighted by Gasteiger charge is 2.23. The standard InChI is InChI=1S/C17H22N4O4/c1-12-3-5-14(6-4-12)18-15(22)11-13(2)19-20-16(23)17(24)21-7-9-25-10-8-21/h3-6H,7-11H2,1-2H3,(H,18,22)(H,20,23)/b19-13+. The van der Waals surface area contributed by atoms with E-state index in [1.807, 2.05) is 31.2 Å². The molecule has 8 heteroatoms. The number of hydrogen-bond donors (Lipinski definition) is 2. The summed E-state index contributed by atoms with van der Waals surface area (Å²) in [6.45, 7) is 5.17. The van der Waals surface area contributed by atoms with Gasteiger partial charge in [-0.25, -0.2) is 5.43 Å². The highest BCUT2D eigenvalue weighted by atomic mass is 16.5. The van der Waals surface area contributed by atoms with Crippen molar-refractivity contribution in [1.82, 2.24) is 10.3 Å². The van der Waals surface area contributed by atoms with Gasteiger partial charge in [-0.05, 0) is 26.0 Å². The zero-order valence-electron chi connectivity index (χ0n) is 14.4. The summed E-state index contributed by atoms with van der Waals surface area (Å²) in [5.74, 6) is -1.72. The van der Waals surface area contributed by atoms with Crippen LogP contribution in [0.25, 0.3) is 0 Å². The van der Waals surface area contributed by atoms with Crippen LogP contribution in [-0.4, -0.2) is 54.6 Å². The molecule has 8 nitrogen and oxygen atoms in total. The Morgan fingerprint density at radius 1 is 1.16 bits per heavy atom. The minimum Gasteiger partial charge on any atom is -0.378 e. The molecule has 1 aromatic carbocycles. The second-order valence-electron chi connectivity index (χ2n) is 5.78. The van der Waals surface area contributed by atoms with E-state index in [4.69, 9.17) is 4.74 Å². The van der Waals surface area contributed by atoms with E-state index in [9.17, 15) is 14.4 Å². The van der Waals surface area contributed by atoms with E-state index in [1.165, 1.54) is 4.90 Å². The van der Waals surface area contributed by atoms with Gasteiger partial charge in [0.15, 0.2) is 0 Å². The molecule has 3 amide bonds. The molecule has 1 heterocycles. The molecule has 25 heavy (non-hydrogen) atoms. The Balaban J connectivity index is 1.79. The van der Waals surface area contributed by atoms with Crippen molar-refractivity contribution in [3.63, 3.8) is 0 Å². The van der Waals surface area contributed by atoms with Crippen molar-refractivity contribution in [1.29, 1.82) is 0 Å². The number of nitrogens with one attached hydrogen (secondary N) is 2. The van der Waals surface area contributed by atoms with Gasteiger partial charge in [0, 0.05) is 24.5 Å². The first-order chi connectivity index (χ1) is 12.0. The second-order valence-corrected chi connectivity index (χ2v) is 5.78. The number of hydrazone groups is 1. The molecule has 2 N–H and O–H groups in total. The molecule has 0 bridgehead atoms. The number of anilines is 1. The molecule has 0 unspecified atom stereocenters. The quantitative estimate of drug-likeness (QED) is 0.475. The normalized spacial score (nSPS) is 14.8. The largest absolute Gasteiger partial charge is 0.378 e. The number of hydrogen-bond acceptors (Lipinski definition) is 5. The molecule has 0 spiro atoms. The Morgan fingerprint density at radius 2 is 1.80 bits per heavy atom. The fourth-order valence-electron chi connectivity index (χ4n) is 2.22. The topological polar surface area (TPSA) is 100 Å². The maximum Gasteiger partial charge on any atom is 0.329 e. The minimum absolute atomic E-state index is 0.0138. The number of morpholine rings is 1. The first kappa shape index (κ1) is 18.6. The highest BCUT2D eigenvalue weighted by molar-refractivity contribution is 6.35. The van der Waals surface area contributed by atoms with Crippen LogP contribution in [0, 0.1) is 6.92 Å². The summed E-state index contributed by atoms with van der Waals surface area (Å²) in [7, 11) is 0. The van der Waals surface area contributed by atoms with E-state index >= 15 is 0 Å². The third-order valence-electron chi connectivity index (χ3n) is 3.59. The van der Waals surface area contributed by atoms with E-state index in [0.717, 1.165) is 5.56 Å². The van der Waals surface area contributed by atoms with Crippen molar-refractivity contribution in [3.05, 3.63) is 29.8 Å². The lowest BCUT2D eigenvalue weighted by Gasteiger charge is -2.25. The molecule has 0 atom stereocenters. The average molecular weight is 346 g/mol. The predicted octanol–water partition coefficient (Wildman–Crippen LogP) is 0.675. The number of amides is 3. The Hall–Kier alpha value is -2.74. The zero-order valence-corrected chi connectivity index (χ0v) is 14.4. The van der Waals surface area contributed by atoms with Gasteiger partial charge in [-0.15, -0.1) is 0 Å². The van der Waals surface area contributed by atoms with Crippen molar-refractivity contribution in [2.75, 3.05) is 31.6 Å². The molecule has 1 fully saturated rings. The van der Waals surface area contributed by atoms with E-state index in [1.54, 1.807) is 6.92 Å². The lowest BCUT2D eigenvalue weighted by molar-refractivity contribution is -0.148. The monoisotopic (exact) mass is 346 g/mol. The van der Waals surface area contributed by atoms with Gasteiger partial charge in [0.2, 0.25) is 5.91 Å². The van der Waals surface area contributed by atoms with Gasteiger partial charge in [-0.1, -0.05) is 17.7 Å². The SMILES string of the molecule is C/C(CC(=O)Nc1ccc(C)cc1)=N\NC(=O)C(=O)N1CCOCC1. The summed E-state index contributed by atoms with van der Waals surface area (Å²) in [5, 5.41) is 6.55. The van der Waals surface area contributed by atoms with Gasteiger partial charge in [0.1, 0.15) is 0 Å². The van der Waals surface area contributed by atoms with E-state index < -0.39 is 11.8 Å². The van der Waals surface area contributed by atoms with Crippen LogP contribution in [0.4, 0.5) is 5.69 Å². The molecule has 1 saturated heterocycles. The van der Waals surface area contributed by atoms with Crippen LogP contribution >= 0.6 is 0 Å². The molecule has 0 aliphatic carbocycles. The van der Waals surface area contributed by atoms with Crippen LogP contribution in [-0.2, 0) is 19.1 Å². The lowest BCUT2D eigenvalue weighted by Crippen LogP contribution is -2.47. The molecule has 0 radical (unpaired) electrons.